The molecule has 1 saturated heterocycles. The van der Waals surface area contributed by atoms with Gasteiger partial charge in [-0.15, -0.1) is 10.2 Å². The van der Waals surface area contributed by atoms with E-state index in [1.807, 2.05) is 38.1 Å². The second-order valence-corrected chi connectivity index (χ2v) is 8.92. The number of piperidine rings is 1. The third kappa shape index (κ3) is 3.33. The Morgan fingerprint density at radius 1 is 1.03 bits per heavy atom. The average Bonchev–Trinajstić information content (AvgIpc) is 3.43. The summed E-state index contributed by atoms with van der Waals surface area (Å²) >= 11 is 1.41. The first-order valence-electron chi connectivity index (χ1n) is 10.5. The second-order valence-electron chi connectivity index (χ2n) is 7.98. The van der Waals surface area contributed by atoms with Crippen molar-refractivity contribution in [1.82, 2.24) is 24.1 Å². The van der Waals surface area contributed by atoms with E-state index in [4.69, 9.17) is 0 Å². The molecule has 0 atom stereocenters. The molecule has 0 spiro atoms. The third-order valence-electron chi connectivity index (χ3n) is 6.15. The van der Waals surface area contributed by atoms with Crippen molar-refractivity contribution in [3.63, 3.8) is 0 Å². The van der Waals surface area contributed by atoms with E-state index in [0.717, 1.165) is 57.1 Å². The van der Waals surface area contributed by atoms with E-state index in [1.165, 1.54) is 18.2 Å². The molecule has 152 valence electrons. The maximum absolute atomic E-state index is 13.2. The molecule has 29 heavy (non-hydrogen) atoms. The fourth-order valence-electron chi connectivity index (χ4n) is 4.65. The Balaban J connectivity index is 1.55. The molecule has 1 saturated carbocycles. The van der Waals surface area contributed by atoms with Gasteiger partial charge < -0.3 is 4.90 Å². The van der Waals surface area contributed by atoms with E-state index in [-0.39, 0.29) is 17.5 Å². The Morgan fingerprint density at radius 3 is 2.59 bits per heavy atom. The fourth-order valence-corrected chi connectivity index (χ4v) is 5.49. The van der Waals surface area contributed by atoms with Crippen molar-refractivity contribution in [2.45, 2.75) is 56.1 Å². The molecule has 2 aliphatic rings. The summed E-state index contributed by atoms with van der Waals surface area (Å²) in [5.74, 6) is 1.09. The first-order valence-corrected chi connectivity index (χ1v) is 11.5. The van der Waals surface area contributed by atoms with Crippen LogP contribution >= 0.6 is 11.8 Å². The van der Waals surface area contributed by atoms with Crippen LogP contribution in [0.15, 0.2) is 34.2 Å². The smallest absolute Gasteiger partial charge is 0.263 e. The zero-order chi connectivity index (χ0) is 19.8. The quantitative estimate of drug-likeness (QED) is 0.616. The number of hydrogen-bond donors (Lipinski definition) is 0. The first-order chi connectivity index (χ1) is 14.2. The van der Waals surface area contributed by atoms with Crippen LogP contribution in [0.2, 0.25) is 0 Å². The predicted molar refractivity (Wildman–Crippen MR) is 113 cm³/mol. The number of para-hydroxylation sites is 1. The number of thioether (sulfide) groups is 1. The molecule has 0 N–H and O–H groups in total. The number of likely N-dealkylation sites (tertiary alicyclic amines) is 1. The molecule has 7 nitrogen and oxygen atoms in total. The number of benzene rings is 1. The van der Waals surface area contributed by atoms with Crippen LogP contribution in [0.1, 0.15) is 51.0 Å². The largest absolute Gasteiger partial charge is 0.342 e. The minimum Gasteiger partial charge on any atom is -0.342 e. The summed E-state index contributed by atoms with van der Waals surface area (Å²) in [5.41, 5.74) is 0.813. The summed E-state index contributed by atoms with van der Waals surface area (Å²) in [7, 11) is 0. The van der Waals surface area contributed by atoms with E-state index in [2.05, 4.69) is 10.2 Å². The summed E-state index contributed by atoms with van der Waals surface area (Å²) < 4.78 is 3.79. The standard InChI is InChI=1S/C21H25N5O2S/c27-18(24-12-6-1-7-13-24)14-29-21-23-22-20-25(15-8-2-3-9-15)19(28)16-10-4-5-11-17(16)26(20)21/h4-5,10-11,15H,1-3,6-9,12-14H2. The van der Waals surface area contributed by atoms with Crippen LogP contribution in [0.3, 0.4) is 0 Å². The number of carbonyl (C=O) groups is 1. The van der Waals surface area contributed by atoms with Crippen molar-refractivity contribution < 1.29 is 4.79 Å². The Morgan fingerprint density at radius 2 is 1.79 bits per heavy atom. The number of fused-ring (bicyclic) bond motifs is 3. The monoisotopic (exact) mass is 411 g/mol. The van der Waals surface area contributed by atoms with Crippen molar-refractivity contribution in [3.8, 4) is 0 Å². The number of aromatic nitrogens is 4. The fraction of sp³-hybridized carbons (Fsp3) is 0.524. The van der Waals surface area contributed by atoms with Gasteiger partial charge in [0.15, 0.2) is 5.16 Å². The van der Waals surface area contributed by atoms with Gasteiger partial charge in [0.25, 0.3) is 5.56 Å². The molecule has 1 aliphatic carbocycles. The zero-order valence-electron chi connectivity index (χ0n) is 16.4. The molecule has 1 aromatic carbocycles. The summed E-state index contributed by atoms with van der Waals surface area (Å²) in [4.78, 5) is 27.8. The van der Waals surface area contributed by atoms with Gasteiger partial charge in [0.05, 0.1) is 16.7 Å². The van der Waals surface area contributed by atoms with Crippen molar-refractivity contribution in [2.24, 2.45) is 0 Å². The van der Waals surface area contributed by atoms with Crippen molar-refractivity contribution in [2.75, 3.05) is 18.8 Å². The summed E-state index contributed by atoms with van der Waals surface area (Å²) in [6.07, 6.45) is 7.64. The molecule has 5 rings (SSSR count). The van der Waals surface area contributed by atoms with Crippen LogP contribution in [-0.2, 0) is 4.79 Å². The van der Waals surface area contributed by atoms with Gasteiger partial charge in [-0.25, -0.2) is 0 Å². The van der Waals surface area contributed by atoms with Gasteiger partial charge in [-0.3, -0.25) is 18.6 Å². The lowest BCUT2D eigenvalue weighted by Gasteiger charge is -2.26. The predicted octanol–water partition coefficient (Wildman–Crippen LogP) is 3.26. The minimum absolute atomic E-state index is 0.00773. The van der Waals surface area contributed by atoms with Crippen LogP contribution in [0, 0.1) is 0 Å². The van der Waals surface area contributed by atoms with Gasteiger partial charge in [0.1, 0.15) is 0 Å². The molecular formula is C21H25N5O2S. The van der Waals surface area contributed by atoms with E-state index < -0.39 is 0 Å². The van der Waals surface area contributed by atoms with Gasteiger partial charge >= 0.3 is 0 Å². The number of hydrogen-bond acceptors (Lipinski definition) is 5. The highest BCUT2D eigenvalue weighted by molar-refractivity contribution is 7.99. The molecule has 1 amide bonds. The number of carbonyl (C=O) groups excluding carboxylic acids is 1. The van der Waals surface area contributed by atoms with E-state index in [1.54, 1.807) is 0 Å². The van der Waals surface area contributed by atoms with E-state index in [9.17, 15) is 9.59 Å². The third-order valence-corrected chi connectivity index (χ3v) is 7.06. The average molecular weight is 412 g/mol. The Bertz CT molecular complexity index is 1110. The molecule has 8 heteroatoms. The van der Waals surface area contributed by atoms with E-state index >= 15 is 0 Å². The molecule has 0 bridgehead atoms. The maximum Gasteiger partial charge on any atom is 0.263 e. The van der Waals surface area contributed by atoms with Crippen LogP contribution in [0.25, 0.3) is 16.7 Å². The molecule has 1 aliphatic heterocycles. The topological polar surface area (TPSA) is 72.5 Å². The van der Waals surface area contributed by atoms with Crippen molar-refractivity contribution in [3.05, 3.63) is 34.6 Å². The molecular weight excluding hydrogens is 386 g/mol. The maximum atomic E-state index is 13.2. The van der Waals surface area contributed by atoms with Gasteiger partial charge in [-0.05, 0) is 44.2 Å². The lowest BCUT2D eigenvalue weighted by molar-refractivity contribution is -0.129. The SMILES string of the molecule is O=C(CSc1nnc2n(C3CCCC3)c(=O)c3ccccc3n12)N1CCCCC1. The molecule has 0 radical (unpaired) electrons. The Labute approximate surface area is 173 Å². The molecule has 0 unspecified atom stereocenters. The zero-order valence-corrected chi connectivity index (χ0v) is 17.2. The number of nitrogens with zero attached hydrogens (tertiary/aromatic N) is 5. The van der Waals surface area contributed by atoms with Crippen LogP contribution < -0.4 is 5.56 Å². The Kier molecular flexibility index (Phi) is 5.03. The molecule has 2 aromatic heterocycles. The minimum atomic E-state index is 0.00773. The van der Waals surface area contributed by atoms with Crippen LogP contribution in [-0.4, -0.2) is 48.8 Å². The highest BCUT2D eigenvalue weighted by Gasteiger charge is 2.25. The summed E-state index contributed by atoms with van der Waals surface area (Å²) in [6.45, 7) is 1.70. The summed E-state index contributed by atoms with van der Waals surface area (Å²) in [5, 5.41) is 10.1. The van der Waals surface area contributed by atoms with E-state index in [0.29, 0.717) is 22.1 Å². The van der Waals surface area contributed by atoms with Crippen LogP contribution in [0.5, 0.6) is 0 Å². The van der Waals surface area contributed by atoms with Crippen molar-refractivity contribution >= 4 is 34.3 Å². The second kappa shape index (κ2) is 7.82. The summed E-state index contributed by atoms with van der Waals surface area (Å²) in [6, 6.07) is 7.80. The molecule has 3 heterocycles. The molecule has 2 fully saturated rings. The lowest BCUT2D eigenvalue weighted by atomic mass is 10.1. The molecule has 3 aromatic rings. The first kappa shape index (κ1) is 18.7. The number of rotatable bonds is 4. The van der Waals surface area contributed by atoms with Crippen LogP contribution in [0.4, 0.5) is 0 Å². The Hall–Kier alpha value is -2.35. The van der Waals surface area contributed by atoms with Gasteiger partial charge in [-0.2, -0.15) is 0 Å². The number of amides is 1. The van der Waals surface area contributed by atoms with Gasteiger partial charge in [-0.1, -0.05) is 36.7 Å². The van der Waals surface area contributed by atoms with Gasteiger partial charge in [0.2, 0.25) is 11.7 Å². The highest BCUT2D eigenvalue weighted by atomic mass is 32.2. The lowest BCUT2D eigenvalue weighted by Crippen LogP contribution is -2.36. The van der Waals surface area contributed by atoms with Gasteiger partial charge in [0, 0.05) is 19.1 Å². The highest BCUT2D eigenvalue weighted by Crippen LogP contribution is 2.31. The van der Waals surface area contributed by atoms with Crippen molar-refractivity contribution in [1.29, 1.82) is 0 Å². The normalized spacial score (nSPS) is 18.1.